The lowest BCUT2D eigenvalue weighted by atomic mass is 9.81. The van der Waals surface area contributed by atoms with Crippen molar-refractivity contribution in [3.63, 3.8) is 0 Å². The number of nitrogens with zero attached hydrogens (tertiary/aromatic N) is 1. The summed E-state index contributed by atoms with van der Waals surface area (Å²) >= 11 is 2.33. The molecule has 0 aromatic heterocycles. The Hall–Kier alpha value is -0.960. The van der Waals surface area contributed by atoms with Crippen molar-refractivity contribution in [1.82, 2.24) is 0 Å². The Labute approximate surface area is 121 Å². The van der Waals surface area contributed by atoms with Crippen LogP contribution in [0.15, 0.2) is 24.3 Å². The van der Waals surface area contributed by atoms with Crippen LogP contribution in [0.2, 0.25) is 0 Å². The van der Waals surface area contributed by atoms with Crippen LogP contribution in [0.4, 0.5) is 0 Å². The van der Waals surface area contributed by atoms with E-state index in [0.717, 1.165) is 35.2 Å². The van der Waals surface area contributed by atoms with E-state index < -0.39 is 11.7 Å². The topological polar surface area (TPSA) is 42.2 Å². The summed E-state index contributed by atoms with van der Waals surface area (Å²) in [6, 6.07) is 10.0. The van der Waals surface area contributed by atoms with Crippen molar-refractivity contribution in [2.75, 3.05) is 4.43 Å². The molecule has 1 unspecified atom stereocenters. The second kappa shape index (κ2) is 5.79. The van der Waals surface area contributed by atoms with Crippen LogP contribution < -0.4 is 9.47 Å². The lowest BCUT2D eigenvalue weighted by Gasteiger charge is -2.29. The van der Waals surface area contributed by atoms with Gasteiger partial charge in [-0.25, -0.2) is 0 Å². The number of para-hydroxylation sites is 2. The number of rotatable bonds is 5. The predicted octanol–water partition coefficient (Wildman–Crippen LogP) is 3.92. The van der Waals surface area contributed by atoms with E-state index in [1.165, 1.54) is 0 Å². The van der Waals surface area contributed by atoms with E-state index in [4.69, 9.17) is 9.47 Å². The smallest absolute Gasteiger partial charge is 0.259 e. The Morgan fingerprint density at radius 1 is 1.33 bits per heavy atom. The van der Waals surface area contributed by atoms with Gasteiger partial charge in [-0.05, 0) is 35.8 Å². The third-order valence-corrected chi connectivity index (χ3v) is 4.14. The molecular weight excluding hydrogens is 341 g/mol. The Balaban J connectivity index is 2.18. The fraction of sp³-hybridized carbons (Fsp3) is 0.500. The molecule has 0 N–H and O–H groups in total. The summed E-state index contributed by atoms with van der Waals surface area (Å²) in [5.74, 6) is 1.48. The first-order valence-corrected chi connectivity index (χ1v) is 7.68. The third kappa shape index (κ3) is 2.41. The summed E-state index contributed by atoms with van der Waals surface area (Å²) in [7, 11) is 0. The van der Waals surface area contributed by atoms with Crippen molar-refractivity contribution < 1.29 is 9.47 Å². The molecule has 18 heavy (non-hydrogen) atoms. The number of alkyl halides is 1. The molecule has 0 spiro atoms. The number of benzene rings is 1. The number of ether oxygens (including phenoxy) is 2. The highest BCUT2D eigenvalue weighted by molar-refractivity contribution is 14.1. The largest absolute Gasteiger partial charge is 0.449 e. The van der Waals surface area contributed by atoms with E-state index in [1.807, 2.05) is 31.2 Å². The number of hydrogen-bond donors (Lipinski definition) is 0. The zero-order valence-electron chi connectivity index (χ0n) is 10.4. The van der Waals surface area contributed by atoms with Crippen LogP contribution in [-0.4, -0.2) is 10.7 Å². The van der Waals surface area contributed by atoms with Crippen LogP contribution in [0.1, 0.15) is 26.2 Å². The molecule has 0 fully saturated rings. The monoisotopic (exact) mass is 357 g/mol. The van der Waals surface area contributed by atoms with Gasteiger partial charge in [0, 0.05) is 0 Å². The normalized spacial score (nSPS) is 17.2. The van der Waals surface area contributed by atoms with Crippen molar-refractivity contribution in [2.45, 2.75) is 32.5 Å². The van der Waals surface area contributed by atoms with Crippen molar-refractivity contribution in [1.29, 1.82) is 5.26 Å². The van der Waals surface area contributed by atoms with Crippen molar-refractivity contribution >= 4 is 22.6 Å². The van der Waals surface area contributed by atoms with Gasteiger partial charge in [0.15, 0.2) is 11.5 Å². The van der Waals surface area contributed by atoms with E-state index >= 15 is 0 Å². The molecule has 2 rings (SSSR count). The van der Waals surface area contributed by atoms with Crippen molar-refractivity contribution in [2.24, 2.45) is 5.41 Å². The van der Waals surface area contributed by atoms with Crippen LogP contribution >= 0.6 is 22.6 Å². The molecule has 1 aliphatic rings. The minimum atomic E-state index is -0.551. The lowest BCUT2D eigenvalue weighted by molar-refractivity contribution is -0.0443. The van der Waals surface area contributed by atoms with E-state index in [1.54, 1.807) is 0 Å². The molecule has 3 nitrogen and oxygen atoms in total. The van der Waals surface area contributed by atoms with E-state index in [0.29, 0.717) is 0 Å². The van der Waals surface area contributed by atoms with Crippen molar-refractivity contribution in [3.8, 4) is 17.6 Å². The van der Waals surface area contributed by atoms with Gasteiger partial charge in [0.05, 0.1) is 6.07 Å². The fourth-order valence-corrected chi connectivity index (χ4v) is 2.54. The minimum absolute atomic E-state index is 0.479. The summed E-state index contributed by atoms with van der Waals surface area (Å²) in [5, 5.41) is 9.53. The highest BCUT2D eigenvalue weighted by Gasteiger charge is 2.44. The van der Waals surface area contributed by atoms with Crippen LogP contribution in [0, 0.1) is 16.7 Å². The van der Waals surface area contributed by atoms with Gasteiger partial charge in [0.25, 0.3) is 6.29 Å². The van der Waals surface area contributed by atoms with E-state index in [9.17, 15) is 5.26 Å². The second-order valence-corrected chi connectivity index (χ2v) is 5.51. The van der Waals surface area contributed by atoms with Crippen LogP contribution in [0.5, 0.6) is 11.5 Å². The number of fused-ring (bicyclic) bond motifs is 1. The SMILES string of the molecule is CCC(C#N)(CCCI)C1Oc2ccccc2O1. The Kier molecular flexibility index (Phi) is 4.33. The molecule has 0 amide bonds. The molecule has 0 saturated carbocycles. The first-order chi connectivity index (χ1) is 8.75. The van der Waals surface area contributed by atoms with Gasteiger partial charge < -0.3 is 9.47 Å². The fourth-order valence-electron chi connectivity index (χ4n) is 2.16. The molecule has 96 valence electrons. The molecule has 1 heterocycles. The second-order valence-electron chi connectivity index (χ2n) is 4.43. The van der Waals surface area contributed by atoms with Gasteiger partial charge in [0.1, 0.15) is 5.41 Å². The van der Waals surface area contributed by atoms with Gasteiger partial charge in [-0.3, -0.25) is 0 Å². The molecule has 1 aromatic rings. The maximum absolute atomic E-state index is 9.53. The van der Waals surface area contributed by atoms with Gasteiger partial charge in [-0.15, -0.1) is 0 Å². The van der Waals surface area contributed by atoms with Gasteiger partial charge in [-0.1, -0.05) is 41.6 Å². The van der Waals surface area contributed by atoms with Crippen LogP contribution in [0.25, 0.3) is 0 Å². The summed E-state index contributed by atoms with van der Waals surface area (Å²) in [5.41, 5.74) is -0.551. The van der Waals surface area contributed by atoms with Crippen LogP contribution in [-0.2, 0) is 0 Å². The maximum atomic E-state index is 9.53. The summed E-state index contributed by atoms with van der Waals surface area (Å²) in [6.07, 6.45) is 2.06. The Bertz CT molecular complexity index is 432. The number of nitriles is 1. The molecule has 1 aromatic carbocycles. The predicted molar refractivity (Wildman–Crippen MR) is 77.9 cm³/mol. The van der Waals surface area contributed by atoms with Gasteiger partial charge >= 0.3 is 0 Å². The summed E-state index contributed by atoms with van der Waals surface area (Å²) in [4.78, 5) is 0. The van der Waals surface area contributed by atoms with Crippen LogP contribution in [0.3, 0.4) is 0 Å². The first kappa shape index (κ1) is 13.5. The Morgan fingerprint density at radius 2 is 1.94 bits per heavy atom. The van der Waals surface area contributed by atoms with Gasteiger partial charge in [0.2, 0.25) is 0 Å². The third-order valence-electron chi connectivity index (χ3n) is 3.38. The highest BCUT2D eigenvalue weighted by Crippen LogP contribution is 2.43. The minimum Gasteiger partial charge on any atom is -0.449 e. The van der Waals surface area contributed by atoms with Gasteiger partial charge in [-0.2, -0.15) is 5.26 Å². The molecule has 0 saturated heterocycles. The molecule has 0 radical (unpaired) electrons. The average Bonchev–Trinajstić information content (AvgIpc) is 2.85. The van der Waals surface area contributed by atoms with E-state index in [-0.39, 0.29) is 0 Å². The highest BCUT2D eigenvalue weighted by atomic mass is 127. The lowest BCUT2D eigenvalue weighted by Crippen LogP contribution is -2.39. The number of halogens is 1. The first-order valence-electron chi connectivity index (χ1n) is 6.15. The summed E-state index contributed by atoms with van der Waals surface area (Å²) < 4.78 is 12.7. The Morgan fingerprint density at radius 3 is 2.39 bits per heavy atom. The molecular formula is C14H16INO2. The average molecular weight is 357 g/mol. The zero-order chi connectivity index (χ0) is 13.0. The molecule has 1 aliphatic heterocycles. The van der Waals surface area contributed by atoms with Crippen molar-refractivity contribution in [3.05, 3.63) is 24.3 Å². The molecule has 0 aliphatic carbocycles. The zero-order valence-corrected chi connectivity index (χ0v) is 12.5. The standard InChI is InChI=1S/C14H16INO2/c1-2-14(10-16,8-5-9-15)13-17-11-6-3-4-7-12(11)18-13/h3-4,6-7,13H,2,5,8-9H2,1H3. The molecule has 1 atom stereocenters. The van der Waals surface area contributed by atoms with E-state index in [2.05, 4.69) is 28.7 Å². The quantitative estimate of drug-likeness (QED) is 0.593. The molecule has 0 bridgehead atoms. The summed E-state index contributed by atoms with van der Waals surface area (Å²) in [6.45, 7) is 2.02. The molecule has 4 heteroatoms. The number of hydrogen-bond acceptors (Lipinski definition) is 3. The maximum Gasteiger partial charge on any atom is 0.259 e.